The summed E-state index contributed by atoms with van der Waals surface area (Å²) in [5, 5.41) is 1.88. The number of fused-ring (bicyclic) bond motifs is 4. The van der Waals surface area contributed by atoms with Crippen molar-refractivity contribution >= 4 is 52.0 Å². The fourth-order valence-electron chi connectivity index (χ4n) is 2.44. The predicted octanol–water partition coefficient (Wildman–Crippen LogP) is 2.85. The summed E-state index contributed by atoms with van der Waals surface area (Å²) in [6, 6.07) is 9.69. The molecule has 5 heteroatoms. The Bertz CT molecular complexity index is 909. The number of halogens is 1. The van der Waals surface area contributed by atoms with E-state index >= 15 is 0 Å². The number of carbonyl (C=O) groups excluding carboxylic acids is 2. The first-order chi connectivity index (χ1) is 9.24. The number of ketones is 2. The summed E-state index contributed by atoms with van der Waals surface area (Å²) in [5.74, 6) is -0.997. The van der Waals surface area contributed by atoms with E-state index in [2.05, 4.69) is 4.98 Å². The highest BCUT2D eigenvalue weighted by Gasteiger charge is 2.25. The number of pyridine rings is 1. The van der Waals surface area contributed by atoms with Gasteiger partial charge in [0.25, 0.3) is 5.78 Å². The van der Waals surface area contributed by atoms with Crippen molar-refractivity contribution in [3.05, 3.63) is 48.3 Å². The standard InChI is InChI=1S/C15H8N2O2.ClH/c18-12-5-6-17-8-10-7-9-3-1-2-4-11(9)16-13(10)14(17)15(12)19;/h1-8H;1H. The van der Waals surface area contributed by atoms with Crippen LogP contribution in [0.15, 0.2) is 42.6 Å². The van der Waals surface area contributed by atoms with Crippen LogP contribution in [0.1, 0.15) is 10.5 Å². The van der Waals surface area contributed by atoms with Crippen molar-refractivity contribution in [3.63, 3.8) is 0 Å². The summed E-state index contributed by atoms with van der Waals surface area (Å²) in [6.45, 7) is 0. The number of nitrogens with zero attached hydrogens (tertiary/aromatic N) is 2. The second-order valence-corrected chi connectivity index (χ2v) is 4.51. The lowest BCUT2D eigenvalue weighted by Crippen LogP contribution is -2.19. The van der Waals surface area contributed by atoms with Gasteiger partial charge in [-0.05, 0) is 12.1 Å². The van der Waals surface area contributed by atoms with E-state index in [1.54, 1.807) is 10.8 Å². The number of rotatable bonds is 0. The van der Waals surface area contributed by atoms with Crippen LogP contribution in [-0.2, 0) is 4.79 Å². The largest absolute Gasteiger partial charge is 0.318 e. The minimum atomic E-state index is -0.500. The highest BCUT2D eigenvalue weighted by atomic mass is 35.5. The second kappa shape index (κ2) is 4.28. The van der Waals surface area contributed by atoms with Crippen LogP contribution in [0.4, 0.5) is 0 Å². The van der Waals surface area contributed by atoms with E-state index < -0.39 is 11.6 Å². The molecule has 2 aromatic heterocycles. The number of aromatic nitrogens is 2. The molecule has 0 bridgehead atoms. The molecule has 0 saturated heterocycles. The topological polar surface area (TPSA) is 52.0 Å². The van der Waals surface area contributed by atoms with Crippen molar-refractivity contribution in [2.45, 2.75) is 0 Å². The Morgan fingerprint density at radius 1 is 1.05 bits per heavy atom. The van der Waals surface area contributed by atoms with Gasteiger partial charge in [0, 0.05) is 29.2 Å². The van der Waals surface area contributed by atoms with Crippen molar-refractivity contribution in [3.8, 4) is 0 Å². The van der Waals surface area contributed by atoms with Crippen molar-refractivity contribution in [2.24, 2.45) is 0 Å². The minimum absolute atomic E-state index is 0. The monoisotopic (exact) mass is 284 g/mol. The SMILES string of the molecule is Cl.O=C1C=Cn2cc3cc4ccccc4nc3c2C1=O. The summed E-state index contributed by atoms with van der Waals surface area (Å²) in [7, 11) is 0. The maximum atomic E-state index is 12.0. The lowest BCUT2D eigenvalue weighted by atomic mass is 10.1. The normalized spacial score (nSPS) is 13.6. The van der Waals surface area contributed by atoms with E-state index in [4.69, 9.17) is 0 Å². The summed E-state index contributed by atoms with van der Waals surface area (Å²) in [4.78, 5) is 28.0. The molecule has 98 valence electrons. The fourth-order valence-corrected chi connectivity index (χ4v) is 2.44. The van der Waals surface area contributed by atoms with Crippen LogP contribution in [0.25, 0.3) is 28.0 Å². The Kier molecular flexibility index (Phi) is 2.69. The van der Waals surface area contributed by atoms with Crippen molar-refractivity contribution < 1.29 is 9.59 Å². The smallest absolute Gasteiger partial charge is 0.251 e. The minimum Gasteiger partial charge on any atom is -0.318 e. The Balaban J connectivity index is 0.00000121. The Hall–Kier alpha value is -2.46. The highest BCUT2D eigenvalue weighted by Crippen LogP contribution is 2.26. The molecular formula is C15H9ClN2O2. The van der Waals surface area contributed by atoms with Gasteiger partial charge in [-0.2, -0.15) is 0 Å². The van der Waals surface area contributed by atoms with E-state index in [0.29, 0.717) is 11.2 Å². The molecule has 0 N–H and O–H groups in total. The van der Waals surface area contributed by atoms with E-state index in [0.717, 1.165) is 16.3 Å². The summed E-state index contributed by atoms with van der Waals surface area (Å²) in [6.07, 6.45) is 4.71. The lowest BCUT2D eigenvalue weighted by Gasteiger charge is -2.06. The van der Waals surface area contributed by atoms with Crippen LogP contribution in [0, 0.1) is 0 Å². The van der Waals surface area contributed by atoms with E-state index in [9.17, 15) is 9.59 Å². The third kappa shape index (κ3) is 1.58. The van der Waals surface area contributed by atoms with Gasteiger partial charge in [-0.15, -0.1) is 12.4 Å². The van der Waals surface area contributed by atoms with Crippen LogP contribution >= 0.6 is 12.4 Å². The van der Waals surface area contributed by atoms with Gasteiger partial charge in [0.05, 0.1) is 5.52 Å². The van der Waals surface area contributed by atoms with E-state index in [1.165, 1.54) is 6.08 Å². The second-order valence-electron chi connectivity index (χ2n) is 4.51. The molecule has 4 rings (SSSR count). The number of Topliss-reactive ketones (excluding diaryl/α,β-unsaturated/α-hetero) is 1. The van der Waals surface area contributed by atoms with Crippen LogP contribution in [-0.4, -0.2) is 21.1 Å². The average Bonchev–Trinajstić information content (AvgIpc) is 2.78. The van der Waals surface area contributed by atoms with Gasteiger partial charge in [-0.1, -0.05) is 18.2 Å². The molecule has 0 spiro atoms. The molecule has 3 heterocycles. The molecule has 0 radical (unpaired) electrons. The van der Waals surface area contributed by atoms with Gasteiger partial charge in [-0.3, -0.25) is 9.59 Å². The zero-order chi connectivity index (χ0) is 13.0. The van der Waals surface area contributed by atoms with Gasteiger partial charge < -0.3 is 4.57 Å². The van der Waals surface area contributed by atoms with Crippen molar-refractivity contribution in [2.75, 3.05) is 0 Å². The number of benzene rings is 1. The molecule has 1 aromatic carbocycles. The maximum Gasteiger partial charge on any atom is 0.251 e. The molecule has 20 heavy (non-hydrogen) atoms. The van der Waals surface area contributed by atoms with Crippen molar-refractivity contribution in [1.29, 1.82) is 0 Å². The van der Waals surface area contributed by atoms with Crippen LogP contribution in [0.3, 0.4) is 0 Å². The highest BCUT2D eigenvalue weighted by molar-refractivity contribution is 6.50. The zero-order valence-electron chi connectivity index (χ0n) is 10.2. The molecular weight excluding hydrogens is 276 g/mol. The Morgan fingerprint density at radius 3 is 2.70 bits per heavy atom. The zero-order valence-corrected chi connectivity index (χ0v) is 11.1. The molecule has 1 aliphatic heterocycles. The van der Waals surface area contributed by atoms with Gasteiger partial charge in [-0.25, -0.2) is 4.98 Å². The van der Waals surface area contributed by atoms with E-state index in [-0.39, 0.29) is 12.4 Å². The summed E-state index contributed by atoms with van der Waals surface area (Å²) in [5.41, 5.74) is 1.76. The number of hydrogen-bond donors (Lipinski definition) is 0. The third-order valence-corrected chi connectivity index (χ3v) is 3.34. The van der Waals surface area contributed by atoms with Gasteiger partial charge in [0.1, 0.15) is 11.2 Å². The number of allylic oxidation sites excluding steroid dienone is 1. The summed E-state index contributed by atoms with van der Waals surface area (Å²) >= 11 is 0. The Morgan fingerprint density at radius 2 is 1.85 bits per heavy atom. The first-order valence-corrected chi connectivity index (χ1v) is 5.91. The van der Waals surface area contributed by atoms with Gasteiger partial charge in [0.15, 0.2) is 0 Å². The number of carbonyl (C=O) groups is 2. The molecule has 4 nitrogen and oxygen atoms in total. The first-order valence-electron chi connectivity index (χ1n) is 5.91. The predicted molar refractivity (Wildman–Crippen MR) is 79.2 cm³/mol. The van der Waals surface area contributed by atoms with Gasteiger partial charge >= 0.3 is 0 Å². The van der Waals surface area contributed by atoms with E-state index in [1.807, 2.05) is 36.5 Å². The molecule has 0 aliphatic carbocycles. The molecule has 0 fully saturated rings. The van der Waals surface area contributed by atoms with Crippen LogP contribution in [0.5, 0.6) is 0 Å². The quantitative estimate of drug-likeness (QED) is 0.597. The third-order valence-electron chi connectivity index (χ3n) is 3.34. The molecule has 0 saturated carbocycles. The van der Waals surface area contributed by atoms with Crippen LogP contribution < -0.4 is 0 Å². The molecule has 1 aliphatic rings. The number of para-hydroxylation sites is 1. The molecule has 0 atom stereocenters. The first kappa shape index (κ1) is 12.6. The maximum absolute atomic E-state index is 12.0. The van der Waals surface area contributed by atoms with Crippen LogP contribution in [0.2, 0.25) is 0 Å². The molecule has 0 amide bonds. The van der Waals surface area contributed by atoms with Gasteiger partial charge in [0.2, 0.25) is 5.78 Å². The lowest BCUT2D eigenvalue weighted by molar-refractivity contribution is -0.111. The van der Waals surface area contributed by atoms with Crippen molar-refractivity contribution in [1.82, 2.24) is 9.55 Å². The average molecular weight is 285 g/mol. The Labute approximate surface area is 120 Å². The number of hydrogen-bond acceptors (Lipinski definition) is 3. The fraction of sp³-hybridized carbons (Fsp3) is 0. The molecule has 3 aromatic rings. The summed E-state index contributed by atoms with van der Waals surface area (Å²) < 4.78 is 1.67. The molecule has 0 unspecified atom stereocenters.